The fraction of sp³-hybridized carbons (Fsp3) is 0.0847. The second kappa shape index (κ2) is 11.5. The van der Waals surface area contributed by atoms with E-state index in [2.05, 4.69) is 212 Å². The molecule has 63 heavy (non-hydrogen) atoms. The Hall–Kier alpha value is -7.56. The first kappa shape index (κ1) is 34.1. The molecule has 0 fully saturated rings. The molecule has 3 nitrogen and oxygen atoms in total. The molecule has 0 radical (unpaired) electrons. The summed E-state index contributed by atoms with van der Waals surface area (Å²) in [6, 6.07) is 68.7. The molecular weight excluding hydrogens is 763 g/mol. The van der Waals surface area contributed by atoms with E-state index in [1.54, 1.807) is 0 Å². The van der Waals surface area contributed by atoms with Gasteiger partial charge in [-0.25, -0.2) is 0 Å². The van der Waals surface area contributed by atoms with Gasteiger partial charge in [0.05, 0.1) is 27.5 Å². The molecule has 2 aromatic heterocycles. The molecule has 4 aliphatic rings. The molecule has 0 amide bonds. The van der Waals surface area contributed by atoms with Crippen LogP contribution in [0.25, 0.3) is 77.2 Å². The highest BCUT2D eigenvalue weighted by Gasteiger charge is 2.53. The van der Waals surface area contributed by atoms with E-state index in [-0.39, 0.29) is 12.1 Å². The van der Waals surface area contributed by atoms with Gasteiger partial charge in [-0.1, -0.05) is 154 Å². The number of ether oxygens (including phenoxy) is 1. The highest BCUT2D eigenvalue weighted by atomic mass is 16.5. The van der Waals surface area contributed by atoms with Crippen LogP contribution in [0.2, 0.25) is 0 Å². The second-order valence-electron chi connectivity index (χ2n) is 19.1. The first-order valence-electron chi connectivity index (χ1n) is 22.3. The molecule has 2 aliphatic carbocycles. The van der Waals surface area contributed by atoms with Crippen molar-refractivity contribution in [2.45, 2.75) is 31.6 Å². The van der Waals surface area contributed by atoms with E-state index in [0.717, 1.165) is 11.5 Å². The molecule has 15 rings (SSSR count). The van der Waals surface area contributed by atoms with E-state index in [1.165, 1.54) is 121 Å². The lowest BCUT2D eigenvalue weighted by Crippen LogP contribution is -2.58. The highest BCUT2D eigenvalue weighted by Crippen LogP contribution is 2.63. The van der Waals surface area contributed by atoms with Gasteiger partial charge < -0.3 is 13.9 Å². The van der Waals surface area contributed by atoms with Gasteiger partial charge in [-0.2, -0.15) is 0 Å². The van der Waals surface area contributed by atoms with Crippen molar-refractivity contribution < 1.29 is 4.74 Å². The van der Waals surface area contributed by atoms with Crippen LogP contribution in [-0.4, -0.2) is 15.8 Å². The van der Waals surface area contributed by atoms with Gasteiger partial charge in [0, 0.05) is 32.9 Å². The Morgan fingerprint density at radius 1 is 0.460 bits per heavy atom. The van der Waals surface area contributed by atoms with Gasteiger partial charge in [-0.15, -0.1) is 0 Å². The minimum atomic E-state index is -0.450. The van der Waals surface area contributed by atoms with Crippen molar-refractivity contribution in [3.8, 4) is 45.1 Å². The Morgan fingerprint density at radius 3 is 1.71 bits per heavy atom. The number of nitrogens with zero attached hydrogens (tertiary/aromatic N) is 2. The molecule has 11 aromatic rings. The zero-order valence-electron chi connectivity index (χ0n) is 35.2. The molecule has 2 aliphatic heterocycles. The lowest BCUT2D eigenvalue weighted by molar-refractivity contribution is 0.486. The second-order valence-corrected chi connectivity index (χ2v) is 19.1. The van der Waals surface area contributed by atoms with Crippen LogP contribution in [0.3, 0.4) is 0 Å². The van der Waals surface area contributed by atoms with Crippen LogP contribution in [0.15, 0.2) is 182 Å². The summed E-state index contributed by atoms with van der Waals surface area (Å²) in [5.74, 6) is 1.87. The van der Waals surface area contributed by atoms with E-state index in [1.807, 2.05) is 0 Å². The van der Waals surface area contributed by atoms with Crippen LogP contribution in [0.4, 0.5) is 0 Å². The monoisotopic (exact) mass is 802 g/mol. The van der Waals surface area contributed by atoms with Gasteiger partial charge in [0.15, 0.2) is 0 Å². The van der Waals surface area contributed by atoms with E-state index in [4.69, 9.17) is 4.74 Å². The van der Waals surface area contributed by atoms with Gasteiger partial charge >= 0.3 is 0 Å². The maximum Gasteiger partial charge on any atom is 0.256 e. The van der Waals surface area contributed by atoms with Crippen molar-refractivity contribution in [3.63, 3.8) is 0 Å². The molecule has 0 unspecified atom stereocenters. The number of fused-ring (bicyclic) bond motifs is 21. The molecule has 0 saturated carbocycles. The molecule has 9 aromatic carbocycles. The van der Waals surface area contributed by atoms with Crippen LogP contribution in [0, 0.1) is 0 Å². The third-order valence-electron chi connectivity index (χ3n) is 15.1. The average molecular weight is 803 g/mol. The Balaban J connectivity index is 1.07. The lowest BCUT2D eigenvalue weighted by Gasteiger charge is -2.35. The maximum atomic E-state index is 7.28. The minimum absolute atomic E-state index is 0.0595. The first-order chi connectivity index (χ1) is 30.9. The van der Waals surface area contributed by atoms with Gasteiger partial charge in [0.2, 0.25) is 0 Å². The topological polar surface area (TPSA) is 19.1 Å². The third-order valence-corrected chi connectivity index (χ3v) is 15.1. The normalized spacial score (nSPS) is 14.5. The molecule has 0 saturated heterocycles. The van der Waals surface area contributed by atoms with Gasteiger partial charge in [-0.05, 0) is 120 Å². The summed E-state index contributed by atoms with van der Waals surface area (Å²) in [6.45, 7) is 6.81. The van der Waals surface area contributed by atoms with E-state index >= 15 is 0 Å². The van der Waals surface area contributed by atoms with E-state index < -0.39 is 5.41 Å². The van der Waals surface area contributed by atoms with Gasteiger partial charge in [0.1, 0.15) is 11.5 Å². The number of hydrogen-bond donors (Lipinski definition) is 0. The third kappa shape index (κ3) is 4.00. The summed E-state index contributed by atoms with van der Waals surface area (Å²) in [6.07, 6.45) is 0. The summed E-state index contributed by atoms with van der Waals surface area (Å²) in [4.78, 5) is 0. The molecule has 0 atom stereocenters. The van der Waals surface area contributed by atoms with E-state index in [0.29, 0.717) is 0 Å². The van der Waals surface area contributed by atoms with Crippen molar-refractivity contribution in [1.82, 2.24) is 9.13 Å². The fourth-order valence-electron chi connectivity index (χ4n) is 12.7. The van der Waals surface area contributed by atoms with Gasteiger partial charge in [0.25, 0.3) is 6.71 Å². The van der Waals surface area contributed by atoms with Crippen LogP contribution < -0.4 is 21.1 Å². The molecule has 4 heterocycles. The van der Waals surface area contributed by atoms with Crippen molar-refractivity contribution in [3.05, 3.63) is 210 Å². The van der Waals surface area contributed by atoms with Crippen molar-refractivity contribution in [2.24, 2.45) is 0 Å². The van der Waals surface area contributed by atoms with Crippen LogP contribution in [0.5, 0.6) is 11.5 Å². The molecule has 0 bridgehead atoms. The Kier molecular flexibility index (Phi) is 6.20. The van der Waals surface area contributed by atoms with E-state index in [9.17, 15) is 0 Å². The molecule has 294 valence electrons. The predicted molar refractivity (Wildman–Crippen MR) is 261 cm³/mol. The zero-order valence-corrected chi connectivity index (χ0v) is 35.2. The van der Waals surface area contributed by atoms with Crippen molar-refractivity contribution in [2.75, 3.05) is 0 Å². The Morgan fingerprint density at radius 2 is 1.05 bits per heavy atom. The highest BCUT2D eigenvalue weighted by molar-refractivity contribution is 6.99. The van der Waals surface area contributed by atoms with Crippen molar-refractivity contribution in [1.29, 1.82) is 0 Å². The summed E-state index contributed by atoms with van der Waals surface area (Å²) < 4.78 is 12.3. The minimum Gasteiger partial charge on any atom is -0.458 e. The number of aromatic nitrogens is 2. The van der Waals surface area contributed by atoms with Crippen LogP contribution in [-0.2, 0) is 10.8 Å². The summed E-state index contributed by atoms with van der Waals surface area (Å²) >= 11 is 0. The molecule has 0 N–H and O–H groups in total. The molecular formula is C59H39BN2O. The fourth-order valence-corrected chi connectivity index (χ4v) is 12.7. The predicted octanol–water partition coefficient (Wildman–Crippen LogP) is 12.5. The zero-order chi connectivity index (χ0) is 41.5. The SMILES string of the molecule is CC(C)(C)c1ccc(-n2c3ccccc3c3c4c5ccccc5n5c4c(cc32)B2c3cc4c(cc3Oc3cccc-5c32)C2(c3ccccc3-c3ccccc32)c2ccccc2-4)cc1. The smallest absolute Gasteiger partial charge is 0.256 e. The number of benzene rings is 9. The first-order valence-corrected chi connectivity index (χ1v) is 22.3. The summed E-state index contributed by atoms with van der Waals surface area (Å²) in [7, 11) is 0. The van der Waals surface area contributed by atoms with Gasteiger partial charge in [-0.3, -0.25) is 0 Å². The maximum absolute atomic E-state index is 7.28. The quantitative estimate of drug-likeness (QED) is 0.151. The average Bonchev–Trinajstić information content (AvgIpc) is 4.02. The lowest BCUT2D eigenvalue weighted by atomic mass is 9.34. The van der Waals surface area contributed by atoms with Crippen LogP contribution >= 0.6 is 0 Å². The Bertz CT molecular complexity index is 3830. The molecule has 4 heteroatoms. The van der Waals surface area contributed by atoms with Crippen LogP contribution in [0.1, 0.15) is 48.6 Å². The van der Waals surface area contributed by atoms with Crippen molar-refractivity contribution >= 4 is 66.7 Å². The largest absolute Gasteiger partial charge is 0.458 e. The number of rotatable bonds is 1. The number of hydrogen-bond acceptors (Lipinski definition) is 1. The molecule has 1 spiro atoms. The standard InChI is InChI=1S/C59H39BN2O/c1-58(2,3)34-27-29-35(30-28-34)61-48-23-12-7-18-39(48)54-51(61)33-47-57-55(54)40-19-8-13-24-49(40)62(57)50-25-14-26-52-56(50)60(47)46-31-41-38-17-6-11-22-44(38)59(45(41)32-53(46)63-52)42-20-9-4-15-36(42)37-16-5-10-21-43(37)59/h4-33H,1-3H3. The Labute approximate surface area is 365 Å². The summed E-state index contributed by atoms with van der Waals surface area (Å²) in [5.41, 5.74) is 22.5. The summed E-state index contributed by atoms with van der Waals surface area (Å²) in [5, 5.41) is 5.15. The number of para-hydroxylation sites is 2.